The van der Waals surface area contributed by atoms with Gasteiger partial charge in [-0.1, -0.05) is 18.2 Å². The Hall–Kier alpha value is -2.03. The van der Waals surface area contributed by atoms with Crippen molar-refractivity contribution in [1.82, 2.24) is 0 Å². The average Bonchev–Trinajstić information content (AvgIpc) is 2.55. The van der Waals surface area contributed by atoms with Gasteiger partial charge in [0, 0.05) is 10.6 Å². The molecule has 0 unspecified atom stereocenters. The number of hydrogen-bond donors (Lipinski definition) is 2. The maximum absolute atomic E-state index is 12.3. The van der Waals surface area contributed by atoms with Gasteiger partial charge in [-0.2, -0.15) is 0 Å². The van der Waals surface area contributed by atoms with Crippen LogP contribution in [0.3, 0.4) is 0 Å². The van der Waals surface area contributed by atoms with Crippen LogP contribution in [-0.4, -0.2) is 26.7 Å². The largest absolute Gasteiger partial charge is 0.495 e. The van der Waals surface area contributed by atoms with E-state index in [0.717, 1.165) is 4.90 Å². The second-order valence-electron chi connectivity index (χ2n) is 4.97. The highest BCUT2D eigenvalue weighted by Crippen LogP contribution is 2.27. The molecule has 3 N–H and O–H groups in total. The first kappa shape index (κ1) is 18.3. The maximum atomic E-state index is 12.3. The zero-order valence-corrected chi connectivity index (χ0v) is 14.9. The van der Waals surface area contributed by atoms with Crippen molar-refractivity contribution in [2.75, 3.05) is 12.4 Å². The van der Waals surface area contributed by atoms with Crippen molar-refractivity contribution >= 4 is 33.4 Å². The van der Waals surface area contributed by atoms with Gasteiger partial charge in [0.2, 0.25) is 15.9 Å². The highest BCUT2D eigenvalue weighted by atomic mass is 32.2. The number of amides is 1. The third kappa shape index (κ3) is 4.73. The lowest BCUT2D eigenvalue weighted by molar-refractivity contribution is -0.115. The molecule has 24 heavy (non-hydrogen) atoms. The van der Waals surface area contributed by atoms with Gasteiger partial charge >= 0.3 is 0 Å². The third-order valence-corrected chi connectivity index (χ3v) is 5.21. The predicted molar refractivity (Wildman–Crippen MR) is 94.8 cm³/mol. The second kappa shape index (κ2) is 7.69. The summed E-state index contributed by atoms with van der Waals surface area (Å²) in [5, 5.41) is 7.51. The number of anilines is 1. The van der Waals surface area contributed by atoms with Gasteiger partial charge < -0.3 is 10.1 Å². The molecule has 0 aliphatic rings. The van der Waals surface area contributed by atoms with E-state index in [2.05, 4.69) is 5.32 Å². The normalized spacial score (nSPS) is 12.5. The van der Waals surface area contributed by atoms with Gasteiger partial charge in [-0.05, 0) is 37.3 Å². The minimum atomic E-state index is -3.95. The molecule has 1 atom stereocenters. The van der Waals surface area contributed by atoms with E-state index in [4.69, 9.17) is 9.88 Å². The van der Waals surface area contributed by atoms with Crippen LogP contribution in [-0.2, 0) is 14.8 Å². The Labute approximate surface area is 145 Å². The van der Waals surface area contributed by atoms with E-state index in [-0.39, 0.29) is 21.8 Å². The molecule has 0 aliphatic heterocycles. The predicted octanol–water partition coefficient (Wildman–Crippen LogP) is 2.46. The summed E-state index contributed by atoms with van der Waals surface area (Å²) in [5.41, 5.74) is 0.338. The molecule has 2 rings (SSSR count). The smallest absolute Gasteiger partial charge is 0.241 e. The molecule has 8 heteroatoms. The summed E-state index contributed by atoms with van der Waals surface area (Å²) >= 11 is 1.41. The third-order valence-electron chi connectivity index (χ3n) is 3.16. The molecule has 6 nitrogen and oxygen atoms in total. The SMILES string of the molecule is COc1ccc(NC(=O)[C@@H](C)Sc2ccccc2)cc1S(N)(=O)=O. The fraction of sp³-hybridized carbons (Fsp3) is 0.188. The van der Waals surface area contributed by atoms with E-state index in [0.29, 0.717) is 5.69 Å². The Morgan fingerprint density at radius 2 is 1.88 bits per heavy atom. The summed E-state index contributed by atoms with van der Waals surface area (Å²) in [5.74, 6) is -0.114. The highest BCUT2D eigenvalue weighted by molar-refractivity contribution is 8.00. The zero-order chi connectivity index (χ0) is 17.7. The van der Waals surface area contributed by atoms with Crippen LogP contribution in [0.1, 0.15) is 6.92 Å². The van der Waals surface area contributed by atoms with Gasteiger partial charge in [-0.25, -0.2) is 13.6 Å². The summed E-state index contributed by atoms with van der Waals surface area (Å²) in [6, 6.07) is 13.8. The van der Waals surface area contributed by atoms with Crippen molar-refractivity contribution in [3.05, 3.63) is 48.5 Å². The van der Waals surface area contributed by atoms with Crippen molar-refractivity contribution in [2.24, 2.45) is 5.14 Å². The lowest BCUT2D eigenvalue weighted by Gasteiger charge is -2.13. The number of rotatable bonds is 6. The van der Waals surface area contributed by atoms with Crippen LogP contribution < -0.4 is 15.2 Å². The number of benzene rings is 2. The Balaban J connectivity index is 2.14. The van der Waals surface area contributed by atoms with E-state index in [1.807, 2.05) is 30.3 Å². The van der Waals surface area contributed by atoms with Crippen molar-refractivity contribution in [1.29, 1.82) is 0 Å². The molecule has 0 saturated heterocycles. The van der Waals surface area contributed by atoms with Gasteiger partial charge in [0.1, 0.15) is 10.6 Å². The van der Waals surface area contributed by atoms with Crippen LogP contribution in [0.15, 0.2) is 58.3 Å². The van der Waals surface area contributed by atoms with Gasteiger partial charge in [0.05, 0.1) is 12.4 Å². The lowest BCUT2D eigenvalue weighted by Crippen LogP contribution is -2.22. The Bertz CT molecular complexity index is 823. The van der Waals surface area contributed by atoms with E-state index in [9.17, 15) is 13.2 Å². The molecule has 0 fully saturated rings. The molecular weight excluding hydrogens is 348 g/mol. The topological polar surface area (TPSA) is 98.5 Å². The van der Waals surface area contributed by atoms with Crippen molar-refractivity contribution in [3.8, 4) is 5.75 Å². The fourth-order valence-corrected chi connectivity index (χ4v) is 3.59. The second-order valence-corrected chi connectivity index (χ2v) is 7.92. The average molecular weight is 366 g/mol. The first-order valence-electron chi connectivity index (χ1n) is 7.04. The summed E-state index contributed by atoms with van der Waals surface area (Å²) in [4.78, 5) is 13.1. The number of thioether (sulfide) groups is 1. The number of primary sulfonamides is 1. The minimum Gasteiger partial charge on any atom is -0.495 e. The molecule has 0 aromatic heterocycles. The fourth-order valence-electron chi connectivity index (χ4n) is 1.98. The van der Waals surface area contributed by atoms with Crippen LogP contribution in [0.4, 0.5) is 5.69 Å². The van der Waals surface area contributed by atoms with E-state index >= 15 is 0 Å². The first-order chi connectivity index (χ1) is 11.3. The van der Waals surface area contributed by atoms with Crippen LogP contribution in [0, 0.1) is 0 Å². The number of sulfonamides is 1. The van der Waals surface area contributed by atoms with Gasteiger partial charge in [-0.15, -0.1) is 11.8 Å². The molecule has 0 saturated carbocycles. The molecule has 0 aliphatic carbocycles. The highest BCUT2D eigenvalue weighted by Gasteiger charge is 2.18. The summed E-state index contributed by atoms with van der Waals surface area (Å²) in [7, 11) is -2.61. The molecule has 0 radical (unpaired) electrons. The molecule has 0 heterocycles. The number of nitrogens with two attached hydrogens (primary N) is 1. The number of carbonyl (C=O) groups is 1. The first-order valence-corrected chi connectivity index (χ1v) is 9.47. The summed E-state index contributed by atoms with van der Waals surface area (Å²) in [6.45, 7) is 1.77. The molecule has 128 valence electrons. The zero-order valence-electron chi connectivity index (χ0n) is 13.2. The Kier molecular flexibility index (Phi) is 5.87. The van der Waals surface area contributed by atoms with Crippen molar-refractivity contribution < 1.29 is 17.9 Å². The van der Waals surface area contributed by atoms with Crippen LogP contribution in [0.2, 0.25) is 0 Å². The van der Waals surface area contributed by atoms with Crippen LogP contribution in [0.25, 0.3) is 0 Å². The van der Waals surface area contributed by atoms with Crippen molar-refractivity contribution in [3.63, 3.8) is 0 Å². The Morgan fingerprint density at radius 3 is 2.46 bits per heavy atom. The van der Waals surface area contributed by atoms with Gasteiger partial charge in [0.25, 0.3) is 0 Å². The summed E-state index contributed by atoms with van der Waals surface area (Å²) < 4.78 is 28.2. The van der Waals surface area contributed by atoms with Crippen LogP contribution in [0.5, 0.6) is 5.75 Å². The number of nitrogens with one attached hydrogen (secondary N) is 1. The standard InChI is InChI=1S/C16H18N2O4S2/c1-11(23-13-6-4-3-5-7-13)16(19)18-12-8-9-14(22-2)15(10-12)24(17,20)21/h3-11H,1-2H3,(H,18,19)(H2,17,20,21)/t11-/m1/s1. The van der Waals surface area contributed by atoms with Gasteiger partial charge in [0.15, 0.2) is 0 Å². The minimum absolute atomic E-state index is 0.127. The molecule has 0 spiro atoms. The van der Waals surface area contributed by atoms with E-state index in [1.54, 1.807) is 13.0 Å². The molecule has 2 aromatic rings. The van der Waals surface area contributed by atoms with E-state index < -0.39 is 10.0 Å². The number of carbonyl (C=O) groups excluding carboxylic acids is 1. The lowest BCUT2D eigenvalue weighted by atomic mass is 10.3. The maximum Gasteiger partial charge on any atom is 0.241 e. The molecule has 0 bridgehead atoms. The molecular formula is C16H18N2O4S2. The quantitative estimate of drug-likeness (QED) is 0.765. The van der Waals surface area contributed by atoms with E-state index in [1.165, 1.54) is 31.0 Å². The molecule has 1 amide bonds. The number of methoxy groups -OCH3 is 1. The number of hydrogen-bond acceptors (Lipinski definition) is 5. The number of ether oxygens (including phenoxy) is 1. The monoisotopic (exact) mass is 366 g/mol. The van der Waals surface area contributed by atoms with Crippen LogP contribution >= 0.6 is 11.8 Å². The van der Waals surface area contributed by atoms with Crippen molar-refractivity contribution in [2.45, 2.75) is 22.0 Å². The Morgan fingerprint density at radius 1 is 1.21 bits per heavy atom. The van der Waals surface area contributed by atoms with Gasteiger partial charge in [-0.3, -0.25) is 4.79 Å². The summed E-state index contributed by atoms with van der Waals surface area (Å²) in [6.07, 6.45) is 0. The molecule has 2 aromatic carbocycles.